The molecule has 1 unspecified atom stereocenters. The number of phenols is 1. The minimum Gasteiger partial charge on any atom is -0.508 e. The van der Waals surface area contributed by atoms with Crippen molar-refractivity contribution in [2.75, 3.05) is 11.9 Å². The first-order valence-corrected chi connectivity index (χ1v) is 10.8. The number of thiophene rings is 1. The Morgan fingerprint density at radius 2 is 1.94 bits per heavy atom. The van der Waals surface area contributed by atoms with Gasteiger partial charge in [0.15, 0.2) is 5.60 Å². The number of amidine groups is 1. The van der Waals surface area contributed by atoms with E-state index >= 15 is 0 Å². The maximum atomic E-state index is 12.6. The topological polar surface area (TPSA) is 105 Å². The van der Waals surface area contributed by atoms with Gasteiger partial charge < -0.3 is 20.8 Å². The summed E-state index contributed by atoms with van der Waals surface area (Å²) in [5, 5.41) is 36.3. The zero-order valence-electron chi connectivity index (χ0n) is 17.2. The first-order valence-electron chi connectivity index (χ1n) is 9.93. The number of hydrogen-bond donors (Lipinski definition) is 5. The monoisotopic (exact) mass is 469 g/mol. The van der Waals surface area contributed by atoms with Gasteiger partial charge >= 0.3 is 0 Å². The van der Waals surface area contributed by atoms with E-state index in [9.17, 15) is 15.0 Å². The van der Waals surface area contributed by atoms with Crippen LogP contribution in [0.2, 0.25) is 0 Å². The van der Waals surface area contributed by atoms with Crippen molar-refractivity contribution in [1.82, 2.24) is 5.32 Å². The summed E-state index contributed by atoms with van der Waals surface area (Å²) < 4.78 is 0. The highest BCUT2D eigenvalue weighted by Crippen LogP contribution is 2.28. The van der Waals surface area contributed by atoms with Gasteiger partial charge in [-0.05, 0) is 64.9 Å². The van der Waals surface area contributed by atoms with E-state index in [1.807, 2.05) is 41.8 Å². The number of amides is 1. The number of nitrogens with one attached hydrogen (secondary N) is 3. The van der Waals surface area contributed by atoms with Crippen molar-refractivity contribution >= 4 is 47.3 Å². The Morgan fingerprint density at radius 1 is 1.16 bits per heavy atom. The van der Waals surface area contributed by atoms with E-state index in [0.29, 0.717) is 18.8 Å². The molecule has 1 atom stereocenters. The van der Waals surface area contributed by atoms with Crippen LogP contribution in [0.4, 0.5) is 5.69 Å². The van der Waals surface area contributed by atoms with E-state index in [2.05, 4.69) is 10.6 Å². The lowest BCUT2D eigenvalue weighted by Crippen LogP contribution is -2.48. The van der Waals surface area contributed by atoms with Gasteiger partial charge in [0.25, 0.3) is 5.91 Å². The summed E-state index contributed by atoms with van der Waals surface area (Å²) >= 11 is 1.51. The lowest BCUT2D eigenvalue weighted by molar-refractivity contribution is -0.135. The third kappa shape index (κ3) is 5.37. The van der Waals surface area contributed by atoms with Crippen molar-refractivity contribution < 1.29 is 15.0 Å². The van der Waals surface area contributed by atoms with Crippen LogP contribution in [0.5, 0.6) is 5.75 Å². The van der Waals surface area contributed by atoms with E-state index < -0.39 is 11.5 Å². The summed E-state index contributed by atoms with van der Waals surface area (Å²) in [5.41, 5.74) is 1.86. The molecule has 0 bridgehead atoms. The molecule has 166 valence electrons. The van der Waals surface area contributed by atoms with Crippen molar-refractivity contribution in [3.8, 4) is 5.75 Å². The zero-order chi connectivity index (χ0) is 21.8. The van der Waals surface area contributed by atoms with Crippen molar-refractivity contribution in [3.63, 3.8) is 0 Å². The highest BCUT2D eigenvalue weighted by Gasteiger charge is 2.35. The number of rotatable bonds is 6. The van der Waals surface area contributed by atoms with Crippen LogP contribution in [0.25, 0.3) is 6.08 Å². The largest absolute Gasteiger partial charge is 0.508 e. The van der Waals surface area contributed by atoms with Crippen LogP contribution in [0, 0.1) is 5.41 Å². The summed E-state index contributed by atoms with van der Waals surface area (Å²) in [7, 11) is 0. The molecule has 0 aliphatic heterocycles. The van der Waals surface area contributed by atoms with Crippen molar-refractivity contribution in [2.24, 2.45) is 0 Å². The van der Waals surface area contributed by atoms with E-state index in [4.69, 9.17) is 5.41 Å². The van der Waals surface area contributed by atoms with Gasteiger partial charge in [0.05, 0.1) is 4.88 Å². The lowest BCUT2D eigenvalue weighted by atomic mass is 9.85. The van der Waals surface area contributed by atoms with E-state index in [1.165, 1.54) is 17.4 Å². The third-order valence-electron chi connectivity index (χ3n) is 5.21. The maximum absolute atomic E-state index is 12.6. The molecular formula is C24H24ClN3O3S. The second-order valence-electron chi connectivity index (χ2n) is 7.50. The van der Waals surface area contributed by atoms with Gasteiger partial charge in [0.1, 0.15) is 11.6 Å². The normalized spacial score (nSPS) is 16.5. The van der Waals surface area contributed by atoms with E-state index in [0.717, 1.165) is 27.3 Å². The number of anilines is 1. The summed E-state index contributed by atoms with van der Waals surface area (Å²) in [6.07, 6.45) is 3.95. The molecule has 1 aromatic heterocycles. The number of phenolic OH excluding ortho intramolecular Hbond substituents is 1. The number of fused-ring (bicyclic) bond motifs is 1. The molecule has 0 spiro atoms. The zero-order valence-corrected chi connectivity index (χ0v) is 18.8. The molecule has 1 aliphatic carbocycles. The smallest absolute Gasteiger partial charge is 0.256 e. The SMILES string of the molecule is Cl.N=C(Nc1ccc(CCNC(=O)C2(O)C=Cc3ccc(O)cc3C2)cc1)c1cccs1. The first-order chi connectivity index (χ1) is 14.9. The minimum atomic E-state index is -1.63. The molecule has 5 N–H and O–H groups in total. The summed E-state index contributed by atoms with van der Waals surface area (Å²) in [6, 6.07) is 16.4. The minimum absolute atomic E-state index is 0. The standard InChI is InChI=1S/C24H23N3O3S.ClH/c25-22(21-2-1-13-31-21)27-19-6-3-16(4-7-19)10-12-26-23(29)24(30)11-9-17-5-8-20(28)14-18(17)15-24;/h1-9,11,13-14,28,30H,10,12,15H2,(H2,25,27)(H,26,29);1H. The second-order valence-corrected chi connectivity index (χ2v) is 8.45. The number of carbonyl (C=O) groups excluding carboxylic acids is 1. The molecular weight excluding hydrogens is 446 g/mol. The molecule has 1 amide bonds. The predicted octanol–water partition coefficient (Wildman–Crippen LogP) is 3.97. The van der Waals surface area contributed by atoms with Crippen molar-refractivity contribution in [3.05, 3.63) is 87.6 Å². The van der Waals surface area contributed by atoms with Crippen LogP contribution in [0.1, 0.15) is 21.6 Å². The maximum Gasteiger partial charge on any atom is 0.256 e. The van der Waals surface area contributed by atoms with Gasteiger partial charge in [0, 0.05) is 18.7 Å². The quantitative estimate of drug-likeness (QED) is 0.278. The van der Waals surface area contributed by atoms with Crippen LogP contribution < -0.4 is 10.6 Å². The number of aromatic hydroxyl groups is 1. The van der Waals surface area contributed by atoms with Crippen LogP contribution >= 0.6 is 23.7 Å². The van der Waals surface area contributed by atoms with Crippen molar-refractivity contribution in [1.29, 1.82) is 5.41 Å². The summed E-state index contributed by atoms with van der Waals surface area (Å²) in [4.78, 5) is 13.5. The molecule has 0 saturated carbocycles. The van der Waals surface area contributed by atoms with Crippen LogP contribution in [0.15, 0.2) is 66.1 Å². The molecule has 1 aliphatic rings. The first kappa shape index (κ1) is 23.5. The average molecular weight is 470 g/mol. The van der Waals surface area contributed by atoms with Gasteiger partial charge in [-0.3, -0.25) is 10.2 Å². The van der Waals surface area contributed by atoms with Crippen LogP contribution in [0.3, 0.4) is 0 Å². The fourth-order valence-electron chi connectivity index (χ4n) is 3.50. The Bertz CT molecular complexity index is 1130. The summed E-state index contributed by atoms with van der Waals surface area (Å²) in [6.45, 7) is 0.389. The molecule has 0 saturated heterocycles. The Hall–Kier alpha value is -3.13. The second kappa shape index (κ2) is 9.99. The Balaban J connectivity index is 0.00000289. The predicted molar refractivity (Wildman–Crippen MR) is 131 cm³/mol. The fourth-order valence-corrected chi connectivity index (χ4v) is 4.13. The van der Waals surface area contributed by atoms with Gasteiger partial charge in [-0.25, -0.2) is 0 Å². The Kier molecular flexibility index (Phi) is 7.35. The van der Waals surface area contributed by atoms with Gasteiger partial charge in [-0.1, -0.05) is 30.3 Å². The number of benzene rings is 2. The summed E-state index contributed by atoms with van der Waals surface area (Å²) in [5.74, 6) is 0.0133. The Morgan fingerprint density at radius 3 is 2.66 bits per heavy atom. The molecule has 0 fully saturated rings. The lowest BCUT2D eigenvalue weighted by Gasteiger charge is -2.27. The number of aliphatic hydroxyl groups is 1. The van der Waals surface area contributed by atoms with Crippen molar-refractivity contribution in [2.45, 2.75) is 18.4 Å². The number of hydrogen-bond acceptors (Lipinski definition) is 5. The fraction of sp³-hybridized carbons (Fsp3) is 0.167. The highest BCUT2D eigenvalue weighted by molar-refractivity contribution is 7.12. The molecule has 4 rings (SSSR count). The van der Waals surface area contributed by atoms with Gasteiger partial charge in [-0.2, -0.15) is 0 Å². The number of carbonyl (C=O) groups is 1. The molecule has 2 aromatic carbocycles. The van der Waals surface area contributed by atoms with Gasteiger partial charge in [-0.15, -0.1) is 23.7 Å². The Labute approximate surface area is 196 Å². The number of halogens is 1. The van der Waals surface area contributed by atoms with Crippen LogP contribution in [-0.2, 0) is 17.6 Å². The average Bonchev–Trinajstić information content (AvgIpc) is 3.30. The highest BCUT2D eigenvalue weighted by atomic mass is 35.5. The third-order valence-corrected chi connectivity index (χ3v) is 6.10. The molecule has 32 heavy (non-hydrogen) atoms. The molecule has 6 nitrogen and oxygen atoms in total. The molecule has 1 heterocycles. The molecule has 8 heteroatoms. The molecule has 0 radical (unpaired) electrons. The molecule has 3 aromatic rings. The van der Waals surface area contributed by atoms with Crippen LogP contribution in [-0.4, -0.2) is 34.1 Å². The van der Waals surface area contributed by atoms with Gasteiger partial charge in [0.2, 0.25) is 0 Å². The van der Waals surface area contributed by atoms with E-state index in [1.54, 1.807) is 24.3 Å². The van der Waals surface area contributed by atoms with E-state index in [-0.39, 0.29) is 24.6 Å².